The van der Waals surface area contributed by atoms with E-state index < -0.39 is 0 Å². The van der Waals surface area contributed by atoms with E-state index in [9.17, 15) is 9.59 Å². The molecular formula is C25H25N3O3. The van der Waals surface area contributed by atoms with Crippen LogP contribution in [0.5, 0.6) is 5.75 Å². The minimum Gasteiger partial charge on any atom is -0.484 e. The van der Waals surface area contributed by atoms with Crippen LogP contribution in [-0.4, -0.2) is 24.6 Å². The molecular weight excluding hydrogens is 390 g/mol. The SMILES string of the molecule is Cc1cccc(C(=O)N/N=C/c2cccc(OCC(=O)Nc3ccc(C)c(C)c3)c2)c1. The molecule has 6 heteroatoms. The summed E-state index contributed by atoms with van der Waals surface area (Å²) in [5.74, 6) is 0.00677. The van der Waals surface area contributed by atoms with Gasteiger partial charge in [0, 0.05) is 11.3 Å². The lowest BCUT2D eigenvalue weighted by molar-refractivity contribution is -0.118. The minimum atomic E-state index is -0.282. The Morgan fingerprint density at radius 1 is 0.935 bits per heavy atom. The van der Waals surface area contributed by atoms with Gasteiger partial charge in [-0.3, -0.25) is 9.59 Å². The maximum absolute atomic E-state index is 12.2. The van der Waals surface area contributed by atoms with Gasteiger partial charge in [0.15, 0.2) is 6.61 Å². The first-order chi connectivity index (χ1) is 14.9. The van der Waals surface area contributed by atoms with Crippen molar-refractivity contribution in [2.45, 2.75) is 20.8 Å². The lowest BCUT2D eigenvalue weighted by Gasteiger charge is -2.09. The Morgan fingerprint density at radius 3 is 2.52 bits per heavy atom. The second-order valence-electron chi connectivity index (χ2n) is 7.28. The second kappa shape index (κ2) is 10.2. The van der Waals surface area contributed by atoms with Crippen molar-refractivity contribution in [3.05, 3.63) is 94.5 Å². The standard InChI is InChI=1S/C25H25N3O3/c1-17-6-4-8-21(12-17)25(30)28-26-15-20-7-5-9-23(14-20)31-16-24(29)27-22-11-10-18(2)19(3)13-22/h4-15H,16H2,1-3H3,(H,27,29)(H,28,30)/b26-15+. The normalized spacial score (nSPS) is 10.7. The molecule has 0 spiro atoms. The van der Waals surface area contributed by atoms with Crippen molar-refractivity contribution in [3.8, 4) is 5.75 Å². The number of amides is 2. The number of anilines is 1. The summed E-state index contributed by atoms with van der Waals surface area (Å²) in [5, 5.41) is 6.82. The van der Waals surface area contributed by atoms with Crippen molar-refractivity contribution in [2.75, 3.05) is 11.9 Å². The van der Waals surface area contributed by atoms with E-state index in [2.05, 4.69) is 15.8 Å². The monoisotopic (exact) mass is 415 g/mol. The number of ether oxygens (including phenoxy) is 1. The molecule has 3 aromatic rings. The lowest BCUT2D eigenvalue weighted by atomic mass is 10.1. The molecule has 0 atom stereocenters. The molecule has 3 aromatic carbocycles. The average molecular weight is 415 g/mol. The van der Waals surface area contributed by atoms with Gasteiger partial charge in [-0.1, -0.05) is 35.9 Å². The summed E-state index contributed by atoms with van der Waals surface area (Å²) in [4.78, 5) is 24.3. The molecule has 0 fully saturated rings. The molecule has 0 heterocycles. The molecule has 2 amide bonds. The first-order valence-electron chi connectivity index (χ1n) is 9.91. The molecule has 0 aromatic heterocycles. The number of aryl methyl sites for hydroxylation is 3. The Hall–Kier alpha value is -3.93. The highest BCUT2D eigenvalue weighted by atomic mass is 16.5. The zero-order chi connectivity index (χ0) is 22.2. The van der Waals surface area contributed by atoms with Gasteiger partial charge in [0.05, 0.1) is 6.21 Å². The van der Waals surface area contributed by atoms with E-state index >= 15 is 0 Å². The summed E-state index contributed by atoms with van der Waals surface area (Å²) in [5.41, 5.74) is 7.81. The number of carbonyl (C=O) groups is 2. The van der Waals surface area contributed by atoms with Gasteiger partial charge in [-0.2, -0.15) is 5.10 Å². The van der Waals surface area contributed by atoms with Crippen molar-refractivity contribution >= 4 is 23.7 Å². The molecule has 0 unspecified atom stereocenters. The van der Waals surface area contributed by atoms with E-state index in [1.54, 1.807) is 30.3 Å². The van der Waals surface area contributed by atoms with Crippen molar-refractivity contribution in [3.63, 3.8) is 0 Å². The number of rotatable bonds is 7. The molecule has 0 saturated heterocycles. The summed E-state index contributed by atoms with van der Waals surface area (Å²) in [6.45, 7) is 5.83. The highest BCUT2D eigenvalue weighted by Crippen LogP contribution is 2.15. The molecule has 0 aliphatic carbocycles. The number of nitrogens with zero attached hydrogens (tertiary/aromatic N) is 1. The van der Waals surface area contributed by atoms with Crippen LogP contribution in [0.2, 0.25) is 0 Å². The molecule has 0 bridgehead atoms. The zero-order valence-electron chi connectivity index (χ0n) is 17.8. The van der Waals surface area contributed by atoms with Crippen LogP contribution < -0.4 is 15.5 Å². The number of hydrogen-bond donors (Lipinski definition) is 2. The molecule has 0 aliphatic rings. The van der Waals surface area contributed by atoms with Gasteiger partial charge in [0.2, 0.25) is 0 Å². The summed E-state index contributed by atoms with van der Waals surface area (Å²) in [7, 11) is 0. The highest BCUT2D eigenvalue weighted by Gasteiger charge is 2.06. The van der Waals surface area contributed by atoms with Crippen molar-refractivity contribution < 1.29 is 14.3 Å². The third kappa shape index (κ3) is 6.54. The number of nitrogens with one attached hydrogen (secondary N) is 2. The smallest absolute Gasteiger partial charge is 0.271 e. The van der Waals surface area contributed by atoms with Gasteiger partial charge in [-0.25, -0.2) is 5.43 Å². The minimum absolute atomic E-state index is 0.113. The maximum atomic E-state index is 12.2. The van der Waals surface area contributed by atoms with E-state index in [0.29, 0.717) is 11.3 Å². The first kappa shape index (κ1) is 21.8. The molecule has 0 saturated carbocycles. The Balaban J connectivity index is 1.52. The molecule has 3 rings (SSSR count). The topological polar surface area (TPSA) is 79.8 Å². The molecule has 2 N–H and O–H groups in total. The van der Waals surface area contributed by atoms with Crippen LogP contribution in [0.4, 0.5) is 5.69 Å². The first-order valence-corrected chi connectivity index (χ1v) is 9.91. The fourth-order valence-corrected chi connectivity index (χ4v) is 2.87. The number of hydrogen-bond acceptors (Lipinski definition) is 4. The predicted molar refractivity (Wildman–Crippen MR) is 123 cm³/mol. The van der Waals surface area contributed by atoms with Gasteiger partial charge in [0.1, 0.15) is 5.75 Å². The van der Waals surface area contributed by atoms with Crippen LogP contribution in [0.1, 0.15) is 32.6 Å². The van der Waals surface area contributed by atoms with Gasteiger partial charge >= 0.3 is 0 Å². The second-order valence-corrected chi connectivity index (χ2v) is 7.28. The highest BCUT2D eigenvalue weighted by molar-refractivity contribution is 5.95. The zero-order valence-corrected chi connectivity index (χ0v) is 17.8. The van der Waals surface area contributed by atoms with Crippen LogP contribution in [0, 0.1) is 20.8 Å². The van der Waals surface area contributed by atoms with Crippen LogP contribution in [0.3, 0.4) is 0 Å². The Morgan fingerprint density at radius 2 is 1.74 bits per heavy atom. The van der Waals surface area contributed by atoms with Crippen LogP contribution >= 0.6 is 0 Å². The van der Waals surface area contributed by atoms with Crippen molar-refractivity contribution in [1.82, 2.24) is 5.43 Å². The fraction of sp³-hybridized carbons (Fsp3) is 0.160. The molecule has 31 heavy (non-hydrogen) atoms. The quantitative estimate of drug-likeness (QED) is 0.444. The maximum Gasteiger partial charge on any atom is 0.271 e. The Bertz CT molecular complexity index is 1120. The van der Waals surface area contributed by atoms with Crippen molar-refractivity contribution in [1.29, 1.82) is 0 Å². The lowest BCUT2D eigenvalue weighted by Crippen LogP contribution is -2.20. The predicted octanol–water partition coefficient (Wildman–Crippen LogP) is 4.39. The van der Waals surface area contributed by atoms with Crippen LogP contribution in [-0.2, 0) is 4.79 Å². The summed E-state index contributed by atoms with van der Waals surface area (Å²) < 4.78 is 5.58. The summed E-state index contributed by atoms with van der Waals surface area (Å²) in [6.07, 6.45) is 1.52. The number of benzene rings is 3. The Labute approximate surface area is 182 Å². The van der Waals surface area contributed by atoms with Gasteiger partial charge in [0.25, 0.3) is 11.8 Å². The molecule has 0 radical (unpaired) electrons. The Kier molecular flexibility index (Phi) is 7.17. The third-order valence-corrected chi connectivity index (χ3v) is 4.68. The third-order valence-electron chi connectivity index (χ3n) is 4.68. The van der Waals surface area contributed by atoms with E-state index in [0.717, 1.165) is 22.4 Å². The summed E-state index contributed by atoms with van der Waals surface area (Å²) in [6, 6.07) is 20.1. The van der Waals surface area contributed by atoms with Gasteiger partial charge in [-0.15, -0.1) is 0 Å². The number of carbonyl (C=O) groups excluding carboxylic acids is 2. The average Bonchev–Trinajstić information content (AvgIpc) is 2.75. The van der Waals surface area contributed by atoms with Gasteiger partial charge in [-0.05, 0) is 73.9 Å². The van der Waals surface area contributed by atoms with E-state index in [1.807, 2.05) is 57.2 Å². The van der Waals surface area contributed by atoms with E-state index in [4.69, 9.17) is 4.74 Å². The van der Waals surface area contributed by atoms with Crippen LogP contribution in [0.25, 0.3) is 0 Å². The molecule has 0 aliphatic heterocycles. The summed E-state index contributed by atoms with van der Waals surface area (Å²) >= 11 is 0. The molecule has 6 nitrogen and oxygen atoms in total. The van der Waals surface area contributed by atoms with E-state index in [-0.39, 0.29) is 18.4 Å². The fourth-order valence-electron chi connectivity index (χ4n) is 2.87. The van der Waals surface area contributed by atoms with E-state index in [1.165, 1.54) is 11.8 Å². The van der Waals surface area contributed by atoms with Gasteiger partial charge < -0.3 is 10.1 Å². The van der Waals surface area contributed by atoms with Crippen LogP contribution in [0.15, 0.2) is 71.8 Å². The largest absolute Gasteiger partial charge is 0.484 e. The van der Waals surface area contributed by atoms with Crippen molar-refractivity contribution in [2.24, 2.45) is 5.10 Å². The number of hydrazone groups is 1. The molecule has 158 valence electrons.